The van der Waals surface area contributed by atoms with Gasteiger partial charge in [0.1, 0.15) is 11.5 Å². The van der Waals surface area contributed by atoms with Gasteiger partial charge in [-0.05, 0) is 37.3 Å². The first kappa shape index (κ1) is 20.0. The molecule has 2 heterocycles. The number of rotatable bonds is 6. The zero-order chi connectivity index (χ0) is 20.4. The second-order valence-electron chi connectivity index (χ2n) is 8.01. The first-order chi connectivity index (χ1) is 13.9. The van der Waals surface area contributed by atoms with Crippen molar-refractivity contribution in [2.45, 2.75) is 57.1 Å². The Bertz CT molecular complexity index is 839. The molecule has 2 aliphatic rings. The molecule has 6 heteroatoms. The number of ether oxygens (including phenoxy) is 1. The molecular weight excluding hydrogens is 379 g/mol. The number of carbonyl (C=O) groups excluding carboxylic acids is 1. The van der Waals surface area contributed by atoms with Gasteiger partial charge in [-0.15, -0.1) is 13.2 Å². The maximum Gasteiger partial charge on any atom is 0.573 e. The van der Waals surface area contributed by atoms with Crippen LogP contribution in [0.25, 0.3) is 0 Å². The third kappa shape index (κ3) is 4.81. The highest BCUT2D eigenvalue weighted by Gasteiger charge is 2.42. The zero-order valence-corrected chi connectivity index (χ0v) is 16.1. The van der Waals surface area contributed by atoms with Crippen LogP contribution >= 0.6 is 0 Å². The first-order valence-electron chi connectivity index (χ1n) is 10.0. The van der Waals surface area contributed by atoms with E-state index < -0.39 is 6.36 Å². The maximum absolute atomic E-state index is 12.9. The molecule has 0 N–H and O–H groups in total. The maximum atomic E-state index is 12.9. The van der Waals surface area contributed by atoms with Gasteiger partial charge < -0.3 is 4.74 Å². The average molecular weight is 403 g/mol. The Morgan fingerprint density at radius 3 is 2.24 bits per heavy atom. The molecule has 4 rings (SSSR count). The summed E-state index contributed by atoms with van der Waals surface area (Å²) in [7, 11) is 0. The van der Waals surface area contributed by atoms with E-state index in [0.717, 1.165) is 32.2 Å². The van der Waals surface area contributed by atoms with Crippen LogP contribution < -0.4 is 4.74 Å². The molecule has 2 unspecified atom stereocenters. The molecule has 3 nitrogen and oxygen atoms in total. The predicted octanol–water partition coefficient (Wildman–Crippen LogP) is 5.14. The molecule has 0 saturated carbocycles. The largest absolute Gasteiger partial charge is 0.573 e. The van der Waals surface area contributed by atoms with E-state index in [9.17, 15) is 18.0 Å². The highest BCUT2D eigenvalue weighted by Crippen LogP contribution is 2.40. The molecule has 0 spiro atoms. The summed E-state index contributed by atoms with van der Waals surface area (Å²) in [5.74, 6) is -0.365. The molecule has 29 heavy (non-hydrogen) atoms. The van der Waals surface area contributed by atoms with Crippen molar-refractivity contribution in [3.8, 4) is 5.75 Å². The summed E-state index contributed by atoms with van der Waals surface area (Å²) in [6, 6.07) is 17.0. The van der Waals surface area contributed by atoms with Gasteiger partial charge in [0.05, 0.1) is 0 Å². The molecule has 0 aromatic heterocycles. The molecule has 0 aliphatic carbocycles. The predicted molar refractivity (Wildman–Crippen MR) is 103 cm³/mol. The third-order valence-electron chi connectivity index (χ3n) is 6.11. The summed E-state index contributed by atoms with van der Waals surface area (Å²) in [4.78, 5) is 15.4. The Balaban J connectivity index is 1.41. The van der Waals surface area contributed by atoms with Crippen molar-refractivity contribution in [2.24, 2.45) is 5.92 Å². The number of nitrogens with zero attached hydrogens (tertiary/aromatic N) is 1. The van der Waals surface area contributed by atoms with Crippen molar-refractivity contribution in [1.82, 2.24) is 4.90 Å². The molecule has 2 aromatic carbocycles. The van der Waals surface area contributed by atoms with Gasteiger partial charge in [-0.1, -0.05) is 48.5 Å². The normalized spacial score (nSPS) is 24.4. The molecule has 2 atom stereocenters. The number of fused-ring (bicyclic) bond motifs is 2. The topological polar surface area (TPSA) is 29.5 Å². The highest BCUT2D eigenvalue weighted by molar-refractivity contribution is 5.84. The van der Waals surface area contributed by atoms with Crippen LogP contribution in [0.3, 0.4) is 0 Å². The van der Waals surface area contributed by atoms with Gasteiger partial charge in [0.25, 0.3) is 0 Å². The van der Waals surface area contributed by atoms with Gasteiger partial charge >= 0.3 is 6.36 Å². The van der Waals surface area contributed by atoms with Crippen LogP contribution in [0.5, 0.6) is 5.75 Å². The molecule has 154 valence electrons. The summed E-state index contributed by atoms with van der Waals surface area (Å²) < 4.78 is 42.0. The summed E-state index contributed by atoms with van der Waals surface area (Å²) >= 11 is 0. The van der Waals surface area contributed by atoms with Crippen LogP contribution in [0.2, 0.25) is 0 Å². The average Bonchev–Trinajstić information content (AvgIpc) is 2.90. The SMILES string of the molecule is O=C(Cc1ccccc1OC(F)(F)F)C1CC2CCC(C1)N2Cc1ccccc1. The van der Waals surface area contributed by atoms with Crippen molar-refractivity contribution in [3.05, 3.63) is 65.7 Å². The summed E-state index contributed by atoms with van der Waals surface area (Å²) in [6.45, 7) is 0.888. The molecule has 2 aliphatic heterocycles. The van der Waals surface area contributed by atoms with Gasteiger partial charge in [-0.25, -0.2) is 0 Å². The molecular formula is C23H24F3NO2. The Morgan fingerprint density at radius 1 is 0.966 bits per heavy atom. The fraction of sp³-hybridized carbons (Fsp3) is 0.435. The monoisotopic (exact) mass is 403 g/mol. The van der Waals surface area contributed by atoms with E-state index >= 15 is 0 Å². The zero-order valence-electron chi connectivity index (χ0n) is 16.1. The van der Waals surface area contributed by atoms with Crippen LogP contribution in [-0.4, -0.2) is 29.1 Å². The van der Waals surface area contributed by atoms with Crippen LogP contribution in [-0.2, 0) is 17.8 Å². The van der Waals surface area contributed by atoms with Crippen molar-refractivity contribution in [3.63, 3.8) is 0 Å². The molecule has 2 fully saturated rings. The van der Waals surface area contributed by atoms with Gasteiger partial charge in [0.2, 0.25) is 0 Å². The number of para-hydroxylation sites is 1. The Morgan fingerprint density at radius 2 is 1.59 bits per heavy atom. The van der Waals surface area contributed by atoms with Crippen LogP contribution in [0.1, 0.15) is 36.8 Å². The van der Waals surface area contributed by atoms with Crippen LogP contribution in [0.15, 0.2) is 54.6 Å². The number of ketones is 1. The minimum atomic E-state index is -4.76. The number of hydrogen-bond acceptors (Lipinski definition) is 3. The minimum absolute atomic E-state index is 0.0134. The molecule has 0 radical (unpaired) electrons. The lowest BCUT2D eigenvalue weighted by Gasteiger charge is -2.38. The van der Waals surface area contributed by atoms with Crippen molar-refractivity contribution in [2.75, 3.05) is 0 Å². The Hall–Kier alpha value is -2.34. The molecule has 0 amide bonds. The highest BCUT2D eigenvalue weighted by atomic mass is 19.4. The third-order valence-corrected chi connectivity index (χ3v) is 6.11. The van der Waals surface area contributed by atoms with Crippen LogP contribution in [0, 0.1) is 5.92 Å². The second-order valence-corrected chi connectivity index (χ2v) is 8.01. The minimum Gasteiger partial charge on any atom is -0.405 e. The Labute approximate surface area is 168 Å². The van der Waals surface area contributed by atoms with E-state index in [1.165, 1.54) is 23.8 Å². The number of halogens is 3. The Kier molecular flexibility index (Phi) is 5.63. The van der Waals surface area contributed by atoms with Crippen molar-refractivity contribution < 1.29 is 22.7 Å². The van der Waals surface area contributed by atoms with E-state index in [1.54, 1.807) is 6.07 Å². The van der Waals surface area contributed by atoms with E-state index in [-0.39, 0.29) is 23.9 Å². The van der Waals surface area contributed by atoms with E-state index in [0.29, 0.717) is 17.6 Å². The summed E-state index contributed by atoms with van der Waals surface area (Å²) in [6.07, 6.45) is -1.06. The molecule has 2 aromatic rings. The van der Waals surface area contributed by atoms with Crippen LogP contribution in [0.4, 0.5) is 13.2 Å². The second kappa shape index (κ2) is 8.19. The molecule has 2 bridgehead atoms. The molecule has 2 saturated heterocycles. The first-order valence-corrected chi connectivity index (χ1v) is 10.0. The number of benzene rings is 2. The fourth-order valence-electron chi connectivity index (χ4n) is 4.80. The lowest BCUT2D eigenvalue weighted by atomic mass is 9.85. The van der Waals surface area contributed by atoms with E-state index in [2.05, 4.69) is 21.8 Å². The number of hydrogen-bond donors (Lipinski definition) is 0. The van der Waals surface area contributed by atoms with Crippen molar-refractivity contribution in [1.29, 1.82) is 0 Å². The summed E-state index contributed by atoms with van der Waals surface area (Å²) in [5.41, 5.74) is 1.57. The lowest BCUT2D eigenvalue weighted by Crippen LogP contribution is -2.44. The van der Waals surface area contributed by atoms with Gasteiger partial charge in [-0.2, -0.15) is 0 Å². The standard InChI is InChI=1S/C23H24F3NO2/c24-23(25,26)29-22-9-5-4-8-17(22)14-21(28)18-12-19-10-11-20(13-18)27(19)15-16-6-2-1-3-7-16/h1-9,18-20H,10-15H2. The van der Waals surface area contributed by atoms with Gasteiger partial charge in [-0.3, -0.25) is 9.69 Å². The summed E-state index contributed by atoms with van der Waals surface area (Å²) in [5, 5.41) is 0. The fourth-order valence-corrected chi connectivity index (χ4v) is 4.80. The smallest absolute Gasteiger partial charge is 0.405 e. The van der Waals surface area contributed by atoms with Crippen molar-refractivity contribution >= 4 is 5.78 Å². The van der Waals surface area contributed by atoms with E-state index in [1.807, 2.05) is 18.2 Å². The van der Waals surface area contributed by atoms with Gasteiger partial charge in [0, 0.05) is 36.5 Å². The number of alkyl halides is 3. The number of piperidine rings is 1. The number of carbonyl (C=O) groups is 1. The lowest BCUT2D eigenvalue weighted by molar-refractivity contribution is -0.274. The quantitative estimate of drug-likeness (QED) is 0.669. The van der Waals surface area contributed by atoms with E-state index in [4.69, 9.17) is 0 Å². The number of Topliss-reactive ketones (excluding diaryl/α,β-unsaturated/α-hetero) is 1. The van der Waals surface area contributed by atoms with Gasteiger partial charge in [0.15, 0.2) is 0 Å².